The molecule has 188 valence electrons. The molecular formula is C28H54N2O2. The molecule has 0 aromatic heterocycles. The van der Waals surface area contributed by atoms with Gasteiger partial charge in [-0.1, -0.05) is 122 Å². The second-order valence-corrected chi connectivity index (χ2v) is 9.92. The highest BCUT2D eigenvalue weighted by molar-refractivity contribution is 5.71. The number of esters is 1. The molecule has 32 heavy (non-hydrogen) atoms. The molecule has 0 atom stereocenters. The molecule has 1 aliphatic rings. The Morgan fingerprint density at radius 1 is 0.625 bits per heavy atom. The minimum atomic E-state index is -0.195. The van der Waals surface area contributed by atoms with Crippen molar-refractivity contribution in [3.05, 3.63) is 0 Å². The fourth-order valence-electron chi connectivity index (χ4n) is 4.67. The second-order valence-electron chi connectivity index (χ2n) is 9.92. The van der Waals surface area contributed by atoms with Crippen LogP contribution in [0.3, 0.4) is 0 Å². The van der Waals surface area contributed by atoms with Crippen molar-refractivity contribution in [1.82, 2.24) is 0 Å². The van der Waals surface area contributed by atoms with Gasteiger partial charge in [0, 0.05) is 0 Å². The summed E-state index contributed by atoms with van der Waals surface area (Å²) in [6.45, 7) is 3.12. The van der Waals surface area contributed by atoms with Gasteiger partial charge in [0.2, 0.25) is 0 Å². The molecule has 0 radical (unpaired) electrons. The number of azo groups is 1. The van der Waals surface area contributed by atoms with E-state index in [2.05, 4.69) is 17.2 Å². The van der Waals surface area contributed by atoms with Crippen LogP contribution < -0.4 is 0 Å². The van der Waals surface area contributed by atoms with Gasteiger partial charge in [-0.05, 0) is 32.1 Å². The second kappa shape index (κ2) is 23.2. The highest BCUT2D eigenvalue weighted by atomic mass is 16.5. The number of hydrogen-bond donors (Lipinski definition) is 0. The predicted molar refractivity (Wildman–Crippen MR) is 136 cm³/mol. The number of carbonyl (C=O) groups is 1. The summed E-state index contributed by atoms with van der Waals surface area (Å²) in [5.41, 5.74) is 0. The van der Waals surface area contributed by atoms with Crippen molar-refractivity contribution >= 4 is 5.97 Å². The number of hydrogen-bond acceptors (Lipinski definition) is 4. The van der Waals surface area contributed by atoms with Gasteiger partial charge in [0.25, 0.3) is 0 Å². The third-order valence-electron chi connectivity index (χ3n) is 6.76. The van der Waals surface area contributed by atoms with Gasteiger partial charge in [-0.15, -0.1) is 0 Å². The van der Waals surface area contributed by atoms with Crippen LogP contribution in [-0.4, -0.2) is 25.2 Å². The molecule has 0 spiro atoms. The van der Waals surface area contributed by atoms with Gasteiger partial charge in [0.1, 0.15) is 6.10 Å². The smallest absolute Gasteiger partial charge is 0.329 e. The van der Waals surface area contributed by atoms with Gasteiger partial charge < -0.3 is 4.74 Å². The molecule has 0 heterocycles. The maximum Gasteiger partial charge on any atom is 0.329 e. The normalized spacial score (nSPS) is 16.8. The molecule has 1 rings (SSSR count). The molecule has 0 aromatic carbocycles. The van der Waals surface area contributed by atoms with Crippen LogP contribution in [0.1, 0.15) is 155 Å². The van der Waals surface area contributed by atoms with E-state index in [0.29, 0.717) is 0 Å². The van der Waals surface area contributed by atoms with E-state index in [9.17, 15) is 4.79 Å². The Balaban J connectivity index is 1.92. The number of rotatable bonds is 17. The van der Waals surface area contributed by atoms with Crippen molar-refractivity contribution in [3.63, 3.8) is 0 Å². The Kier molecular flexibility index (Phi) is 21.1. The first-order valence-corrected chi connectivity index (χ1v) is 14.4. The van der Waals surface area contributed by atoms with Crippen molar-refractivity contribution in [2.45, 2.75) is 161 Å². The Labute approximate surface area is 199 Å². The molecular weight excluding hydrogens is 396 g/mol. The Hall–Kier alpha value is -0.930. The predicted octanol–water partition coefficient (Wildman–Crippen LogP) is 9.36. The van der Waals surface area contributed by atoms with E-state index in [4.69, 9.17) is 4.74 Å². The molecule has 1 fully saturated rings. The Bertz CT molecular complexity index is 427. The van der Waals surface area contributed by atoms with Gasteiger partial charge in [-0.25, -0.2) is 4.79 Å². The Morgan fingerprint density at radius 3 is 1.56 bits per heavy atom. The summed E-state index contributed by atoms with van der Waals surface area (Å²) in [5, 5.41) is 8.26. The van der Waals surface area contributed by atoms with Gasteiger partial charge in [0.15, 0.2) is 6.54 Å². The molecule has 4 nitrogen and oxygen atoms in total. The average molecular weight is 451 g/mol. The lowest BCUT2D eigenvalue weighted by Gasteiger charge is -2.17. The first-order valence-electron chi connectivity index (χ1n) is 14.4. The van der Waals surface area contributed by atoms with E-state index in [1.165, 1.54) is 128 Å². The van der Waals surface area contributed by atoms with Gasteiger partial charge in [0.05, 0.1) is 6.54 Å². The molecule has 4 heteroatoms. The fourth-order valence-corrected chi connectivity index (χ4v) is 4.67. The largest absolute Gasteiger partial charge is 0.461 e. The minimum absolute atomic E-state index is 0.0922. The number of unbranched alkanes of at least 4 members (excludes halogenated alkanes) is 12. The minimum Gasteiger partial charge on any atom is -0.461 e. The summed E-state index contributed by atoms with van der Waals surface area (Å²) in [6.07, 6.45) is 30.0. The first kappa shape index (κ1) is 29.1. The zero-order valence-corrected chi connectivity index (χ0v) is 21.5. The van der Waals surface area contributed by atoms with E-state index in [0.717, 1.165) is 25.8 Å². The van der Waals surface area contributed by atoms with Crippen molar-refractivity contribution in [1.29, 1.82) is 0 Å². The highest BCUT2D eigenvalue weighted by Gasteiger charge is 2.14. The summed E-state index contributed by atoms with van der Waals surface area (Å²) < 4.78 is 5.70. The maximum atomic E-state index is 12.1. The van der Waals surface area contributed by atoms with E-state index in [-0.39, 0.29) is 18.6 Å². The average Bonchev–Trinajstić information content (AvgIpc) is 2.85. The standard InChI is InChI=1S/C28H54N2O2/c1-2-3-4-5-6-7-8-9-10-13-16-19-22-25-29-30-26-28(31)32-27-23-20-17-14-11-12-15-18-21-24-27/h27H,2-26H2,1H3. The number of nitrogens with zero attached hydrogens (tertiary/aromatic N) is 2. The summed E-state index contributed by atoms with van der Waals surface area (Å²) in [7, 11) is 0. The van der Waals surface area contributed by atoms with E-state index >= 15 is 0 Å². The quantitative estimate of drug-likeness (QED) is 0.126. The molecule has 0 amide bonds. The molecule has 0 saturated heterocycles. The monoisotopic (exact) mass is 450 g/mol. The number of ether oxygens (including phenoxy) is 1. The van der Waals surface area contributed by atoms with E-state index in [1.807, 2.05) is 0 Å². The van der Waals surface area contributed by atoms with Crippen LogP contribution >= 0.6 is 0 Å². The van der Waals surface area contributed by atoms with Gasteiger partial charge in [-0.3, -0.25) is 0 Å². The zero-order chi connectivity index (χ0) is 23.0. The van der Waals surface area contributed by atoms with Crippen molar-refractivity contribution < 1.29 is 9.53 Å². The summed E-state index contributed by atoms with van der Waals surface area (Å²) >= 11 is 0. The van der Waals surface area contributed by atoms with E-state index in [1.54, 1.807) is 0 Å². The lowest BCUT2D eigenvalue weighted by Crippen LogP contribution is -2.20. The molecule has 0 N–H and O–H groups in total. The third-order valence-corrected chi connectivity index (χ3v) is 6.76. The maximum absolute atomic E-state index is 12.1. The molecule has 0 bridgehead atoms. The molecule has 0 aromatic rings. The third kappa shape index (κ3) is 19.7. The molecule has 0 aliphatic heterocycles. The fraction of sp³-hybridized carbons (Fsp3) is 0.964. The van der Waals surface area contributed by atoms with Crippen LogP contribution in [0.25, 0.3) is 0 Å². The van der Waals surface area contributed by atoms with Crippen LogP contribution in [0.15, 0.2) is 10.2 Å². The summed E-state index contributed by atoms with van der Waals surface area (Å²) in [5.74, 6) is -0.195. The molecule has 1 saturated carbocycles. The molecule has 1 aliphatic carbocycles. The topological polar surface area (TPSA) is 51.0 Å². The van der Waals surface area contributed by atoms with Crippen molar-refractivity contribution in [2.24, 2.45) is 10.2 Å². The lowest BCUT2D eigenvalue weighted by atomic mass is 10.0. The van der Waals surface area contributed by atoms with Crippen LogP contribution in [0.5, 0.6) is 0 Å². The number of carbonyl (C=O) groups excluding carboxylic acids is 1. The zero-order valence-electron chi connectivity index (χ0n) is 21.5. The lowest BCUT2D eigenvalue weighted by molar-refractivity contribution is -0.148. The van der Waals surface area contributed by atoms with Crippen LogP contribution in [-0.2, 0) is 9.53 Å². The highest BCUT2D eigenvalue weighted by Crippen LogP contribution is 2.19. The van der Waals surface area contributed by atoms with Crippen molar-refractivity contribution in [2.75, 3.05) is 13.1 Å². The van der Waals surface area contributed by atoms with Crippen molar-refractivity contribution in [3.8, 4) is 0 Å². The SMILES string of the molecule is CCCCCCCCCCCCCCCN=NCC(=O)OC1CCCCCCCCCC1. The van der Waals surface area contributed by atoms with E-state index < -0.39 is 0 Å². The Morgan fingerprint density at radius 2 is 1.06 bits per heavy atom. The van der Waals surface area contributed by atoms with Crippen LogP contribution in [0.2, 0.25) is 0 Å². The van der Waals surface area contributed by atoms with Gasteiger partial charge in [-0.2, -0.15) is 10.2 Å². The summed E-state index contributed by atoms with van der Waals surface area (Å²) in [6, 6.07) is 0. The van der Waals surface area contributed by atoms with Crippen LogP contribution in [0.4, 0.5) is 0 Å². The van der Waals surface area contributed by atoms with Crippen LogP contribution in [0, 0.1) is 0 Å². The van der Waals surface area contributed by atoms with Gasteiger partial charge >= 0.3 is 5.97 Å². The molecule has 0 unspecified atom stereocenters. The first-order chi connectivity index (χ1) is 15.8. The summed E-state index contributed by atoms with van der Waals surface area (Å²) in [4.78, 5) is 12.1.